The van der Waals surface area contributed by atoms with Crippen LogP contribution < -0.4 is 5.01 Å². The second-order valence-corrected chi connectivity index (χ2v) is 8.05. The number of anilines is 1. The first-order valence-corrected chi connectivity index (χ1v) is 10.9. The van der Waals surface area contributed by atoms with E-state index in [2.05, 4.69) is 0 Å². The number of nitro groups is 1. The van der Waals surface area contributed by atoms with Crippen LogP contribution in [-0.4, -0.2) is 46.7 Å². The summed E-state index contributed by atoms with van der Waals surface area (Å²) in [5, 5.41) is 17.5. The van der Waals surface area contributed by atoms with Crippen LogP contribution in [0.3, 0.4) is 0 Å². The standard InChI is InChI=1S/C25H19FN4O5/c26-18-10-6-17(7-11-18)22-21(16-8-12-20(13-9-16)30(33)34)23(24(31)28-14-15-35-25(28)32)29(27-22)19-4-2-1-3-5-19/h1-13,21,23H,14-15H2/t21-,23-/m1/s1. The SMILES string of the molecule is O=C1OCCN1C(=O)[C@H]1[C@H](c2ccc([N+](=O)[O-])cc2)C(c2ccc(F)cc2)=NN1c1ccccc1. The quantitative estimate of drug-likeness (QED) is 0.407. The van der Waals surface area contributed by atoms with Gasteiger partial charge in [0.05, 0.1) is 28.8 Å². The zero-order valence-corrected chi connectivity index (χ0v) is 18.3. The lowest BCUT2D eigenvalue weighted by atomic mass is 9.84. The van der Waals surface area contributed by atoms with Crippen molar-refractivity contribution in [3.8, 4) is 0 Å². The van der Waals surface area contributed by atoms with Crippen molar-refractivity contribution in [1.29, 1.82) is 0 Å². The molecule has 2 heterocycles. The lowest BCUT2D eigenvalue weighted by Gasteiger charge is -2.29. The summed E-state index contributed by atoms with van der Waals surface area (Å²) in [6, 6.07) is 19.6. The first-order chi connectivity index (χ1) is 16.9. The first kappa shape index (κ1) is 22.2. The molecule has 2 amide bonds. The molecular weight excluding hydrogens is 455 g/mol. The van der Waals surface area contributed by atoms with Crippen molar-refractivity contribution >= 4 is 29.1 Å². The van der Waals surface area contributed by atoms with Gasteiger partial charge in [0.1, 0.15) is 18.5 Å². The lowest BCUT2D eigenvalue weighted by molar-refractivity contribution is -0.384. The highest BCUT2D eigenvalue weighted by Gasteiger charge is 2.48. The van der Waals surface area contributed by atoms with Crippen LogP contribution >= 0.6 is 0 Å². The van der Waals surface area contributed by atoms with Gasteiger partial charge in [0, 0.05) is 12.1 Å². The van der Waals surface area contributed by atoms with Crippen molar-refractivity contribution in [2.24, 2.45) is 5.10 Å². The van der Waals surface area contributed by atoms with E-state index in [0.717, 1.165) is 4.90 Å². The maximum absolute atomic E-state index is 13.8. The Morgan fingerprint density at radius 2 is 1.71 bits per heavy atom. The van der Waals surface area contributed by atoms with Crippen LogP contribution in [0, 0.1) is 15.9 Å². The molecule has 2 aliphatic heterocycles. The number of hydrazone groups is 1. The Bertz CT molecular complexity index is 1310. The van der Waals surface area contributed by atoms with Gasteiger partial charge in [-0.3, -0.25) is 19.9 Å². The van der Waals surface area contributed by atoms with Crippen LogP contribution in [0.4, 0.5) is 20.6 Å². The van der Waals surface area contributed by atoms with Gasteiger partial charge in [-0.15, -0.1) is 0 Å². The molecule has 2 atom stereocenters. The van der Waals surface area contributed by atoms with E-state index in [1.807, 2.05) is 6.07 Å². The first-order valence-electron chi connectivity index (χ1n) is 10.9. The molecule has 0 radical (unpaired) electrons. The predicted molar refractivity (Wildman–Crippen MR) is 125 cm³/mol. The highest BCUT2D eigenvalue weighted by molar-refractivity contribution is 6.13. The Morgan fingerprint density at radius 1 is 1.03 bits per heavy atom. The lowest BCUT2D eigenvalue weighted by Crippen LogP contribution is -2.48. The van der Waals surface area contributed by atoms with E-state index in [1.165, 1.54) is 24.3 Å². The van der Waals surface area contributed by atoms with E-state index in [0.29, 0.717) is 22.5 Å². The Kier molecular flexibility index (Phi) is 5.69. The van der Waals surface area contributed by atoms with E-state index >= 15 is 0 Å². The maximum Gasteiger partial charge on any atom is 0.416 e. The minimum absolute atomic E-state index is 0.0938. The molecule has 0 aliphatic carbocycles. The molecule has 0 N–H and O–H groups in total. The molecule has 0 spiro atoms. The number of carbonyl (C=O) groups is 2. The van der Waals surface area contributed by atoms with Gasteiger partial charge in [0.2, 0.25) is 0 Å². The van der Waals surface area contributed by atoms with Crippen molar-refractivity contribution < 1.29 is 23.6 Å². The van der Waals surface area contributed by atoms with Gasteiger partial charge in [0.25, 0.3) is 11.6 Å². The molecule has 2 aliphatic rings. The monoisotopic (exact) mass is 474 g/mol. The Balaban J connectivity index is 1.67. The smallest absolute Gasteiger partial charge is 0.416 e. The van der Waals surface area contributed by atoms with Crippen LogP contribution in [-0.2, 0) is 9.53 Å². The van der Waals surface area contributed by atoms with E-state index in [4.69, 9.17) is 9.84 Å². The third-order valence-electron chi connectivity index (χ3n) is 5.99. The number of rotatable bonds is 5. The molecule has 35 heavy (non-hydrogen) atoms. The normalized spacial score (nSPS) is 19.5. The number of nitro benzene ring substituents is 1. The minimum Gasteiger partial charge on any atom is -0.447 e. The maximum atomic E-state index is 13.8. The van der Waals surface area contributed by atoms with E-state index < -0.39 is 34.7 Å². The van der Waals surface area contributed by atoms with Crippen molar-refractivity contribution in [2.45, 2.75) is 12.0 Å². The number of hydrogen-bond donors (Lipinski definition) is 0. The molecule has 0 bridgehead atoms. The molecule has 5 rings (SSSR count). The number of para-hydroxylation sites is 1. The van der Waals surface area contributed by atoms with Gasteiger partial charge in [-0.2, -0.15) is 5.10 Å². The molecule has 1 fully saturated rings. The number of hydrogen-bond acceptors (Lipinski definition) is 7. The zero-order chi connectivity index (χ0) is 24.5. The highest BCUT2D eigenvalue weighted by atomic mass is 19.1. The van der Waals surface area contributed by atoms with Gasteiger partial charge >= 0.3 is 6.09 Å². The molecule has 9 nitrogen and oxygen atoms in total. The Hall–Kier alpha value is -4.60. The van der Waals surface area contributed by atoms with Gasteiger partial charge in [-0.1, -0.05) is 42.5 Å². The van der Waals surface area contributed by atoms with Crippen LogP contribution in [0.2, 0.25) is 0 Å². The summed E-state index contributed by atoms with van der Waals surface area (Å²) >= 11 is 0. The average Bonchev–Trinajstić information content (AvgIpc) is 3.49. The molecule has 176 valence electrons. The second kappa shape index (κ2) is 8.98. The topological polar surface area (TPSA) is 105 Å². The predicted octanol–water partition coefficient (Wildman–Crippen LogP) is 4.09. The van der Waals surface area contributed by atoms with Gasteiger partial charge in [-0.05, 0) is 35.4 Å². The van der Waals surface area contributed by atoms with Crippen LogP contribution in [0.15, 0.2) is 84.0 Å². The fraction of sp³-hybridized carbons (Fsp3) is 0.160. The van der Waals surface area contributed by atoms with Crippen LogP contribution in [0.25, 0.3) is 0 Å². The molecule has 0 saturated carbocycles. The van der Waals surface area contributed by atoms with Crippen molar-refractivity contribution in [1.82, 2.24) is 4.90 Å². The molecule has 0 unspecified atom stereocenters. The number of cyclic esters (lactones) is 1. The summed E-state index contributed by atoms with van der Waals surface area (Å²) in [5.41, 5.74) is 2.15. The molecule has 0 aromatic heterocycles. The highest BCUT2D eigenvalue weighted by Crippen LogP contribution is 2.39. The van der Waals surface area contributed by atoms with Crippen molar-refractivity contribution in [3.63, 3.8) is 0 Å². The third kappa shape index (κ3) is 4.10. The van der Waals surface area contributed by atoms with E-state index in [1.54, 1.807) is 53.5 Å². The van der Waals surface area contributed by atoms with Gasteiger partial charge in [-0.25, -0.2) is 14.1 Å². The zero-order valence-electron chi connectivity index (χ0n) is 18.3. The summed E-state index contributed by atoms with van der Waals surface area (Å²) in [4.78, 5) is 37.8. The van der Waals surface area contributed by atoms with Crippen LogP contribution in [0.1, 0.15) is 17.0 Å². The van der Waals surface area contributed by atoms with Gasteiger partial charge < -0.3 is 4.74 Å². The fourth-order valence-corrected chi connectivity index (χ4v) is 4.33. The summed E-state index contributed by atoms with van der Waals surface area (Å²) in [6.45, 7) is 0.201. The number of ether oxygens (including phenoxy) is 1. The van der Waals surface area contributed by atoms with E-state index in [9.17, 15) is 24.1 Å². The minimum atomic E-state index is -0.982. The summed E-state index contributed by atoms with van der Waals surface area (Å²) in [5.74, 6) is -1.64. The summed E-state index contributed by atoms with van der Waals surface area (Å²) < 4.78 is 18.7. The number of carbonyl (C=O) groups excluding carboxylic acids is 2. The van der Waals surface area contributed by atoms with Crippen molar-refractivity contribution in [3.05, 3.63) is 106 Å². The van der Waals surface area contributed by atoms with Crippen LogP contribution in [0.5, 0.6) is 0 Å². The third-order valence-corrected chi connectivity index (χ3v) is 5.99. The fourth-order valence-electron chi connectivity index (χ4n) is 4.33. The molecule has 1 saturated heterocycles. The molecule has 3 aromatic carbocycles. The van der Waals surface area contributed by atoms with Gasteiger partial charge in [0.15, 0.2) is 0 Å². The number of halogens is 1. The summed E-state index contributed by atoms with van der Waals surface area (Å²) in [7, 11) is 0. The Labute approximate surface area is 199 Å². The number of amides is 2. The molecule has 10 heteroatoms. The largest absolute Gasteiger partial charge is 0.447 e. The number of nitrogens with zero attached hydrogens (tertiary/aromatic N) is 4. The van der Waals surface area contributed by atoms with E-state index in [-0.39, 0.29) is 18.8 Å². The Morgan fingerprint density at radius 3 is 2.31 bits per heavy atom. The number of imide groups is 1. The number of benzene rings is 3. The molecular formula is C25H19FN4O5. The second-order valence-electron chi connectivity index (χ2n) is 8.05. The van der Waals surface area contributed by atoms with Crippen molar-refractivity contribution in [2.75, 3.05) is 18.2 Å². The summed E-state index contributed by atoms with van der Waals surface area (Å²) in [6.07, 6.45) is -0.735. The number of non-ortho nitro benzene ring substituents is 1. The molecule has 3 aromatic rings. The average molecular weight is 474 g/mol.